The standard InChI is InChI=1S/C13H11BFNO4S/c15-10-2-5-12(6-3-10)21(18,19)16-11-4-1-9-8-20-14(17)13(9)7-11/h1-7,16-17H,8H2. The molecule has 1 aliphatic rings. The van der Waals surface area contributed by atoms with Crippen molar-refractivity contribution in [3.63, 3.8) is 0 Å². The van der Waals surface area contributed by atoms with Gasteiger partial charge in [-0.1, -0.05) is 6.07 Å². The number of nitrogens with one attached hydrogen (secondary N) is 1. The summed E-state index contributed by atoms with van der Waals surface area (Å²) in [5.74, 6) is -0.508. The first-order valence-corrected chi connectivity index (χ1v) is 7.65. The Hall–Kier alpha value is -1.90. The van der Waals surface area contributed by atoms with Gasteiger partial charge in [0, 0.05) is 5.69 Å². The van der Waals surface area contributed by atoms with E-state index in [0.717, 1.165) is 17.7 Å². The maximum Gasteiger partial charge on any atom is 0.491 e. The highest BCUT2D eigenvalue weighted by atomic mass is 32.2. The van der Waals surface area contributed by atoms with Gasteiger partial charge in [0.2, 0.25) is 0 Å². The lowest BCUT2D eigenvalue weighted by Gasteiger charge is -2.09. The third-order valence-corrected chi connectivity index (χ3v) is 4.58. The van der Waals surface area contributed by atoms with E-state index in [2.05, 4.69) is 4.72 Å². The van der Waals surface area contributed by atoms with E-state index in [1.165, 1.54) is 18.2 Å². The summed E-state index contributed by atoms with van der Waals surface area (Å²) < 4.78 is 44.6. The molecule has 0 amide bonds. The van der Waals surface area contributed by atoms with Gasteiger partial charge in [-0.25, -0.2) is 12.8 Å². The summed E-state index contributed by atoms with van der Waals surface area (Å²) >= 11 is 0. The van der Waals surface area contributed by atoms with E-state index in [-0.39, 0.29) is 4.90 Å². The van der Waals surface area contributed by atoms with E-state index in [1.807, 2.05) is 0 Å². The fourth-order valence-corrected chi connectivity index (χ4v) is 3.16. The molecule has 0 aromatic heterocycles. The minimum atomic E-state index is -3.80. The van der Waals surface area contributed by atoms with Crippen molar-refractivity contribution in [3.8, 4) is 0 Å². The van der Waals surface area contributed by atoms with E-state index in [9.17, 15) is 17.8 Å². The minimum absolute atomic E-state index is 0.0406. The fraction of sp³-hybridized carbons (Fsp3) is 0.0769. The number of rotatable bonds is 3. The van der Waals surface area contributed by atoms with E-state index in [1.54, 1.807) is 12.1 Å². The molecule has 5 nitrogen and oxygen atoms in total. The van der Waals surface area contributed by atoms with Crippen LogP contribution in [0.25, 0.3) is 0 Å². The lowest BCUT2D eigenvalue weighted by molar-refractivity contribution is 0.275. The molecule has 3 rings (SSSR count). The van der Waals surface area contributed by atoms with Crippen molar-refractivity contribution in [1.82, 2.24) is 0 Å². The van der Waals surface area contributed by atoms with Gasteiger partial charge in [-0.15, -0.1) is 0 Å². The summed E-state index contributed by atoms with van der Waals surface area (Å²) in [4.78, 5) is -0.0406. The second-order valence-corrected chi connectivity index (χ2v) is 6.32. The van der Waals surface area contributed by atoms with E-state index < -0.39 is 23.0 Å². The van der Waals surface area contributed by atoms with Gasteiger partial charge in [-0.3, -0.25) is 4.72 Å². The third-order valence-electron chi connectivity index (χ3n) is 3.18. The van der Waals surface area contributed by atoms with E-state index >= 15 is 0 Å². The van der Waals surface area contributed by atoms with Gasteiger partial charge in [0.05, 0.1) is 11.5 Å². The first-order chi connectivity index (χ1) is 9.95. The van der Waals surface area contributed by atoms with Crippen LogP contribution in [-0.4, -0.2) is 20.6 Å². The van der Waals surface area contributed by atoms with Gasteiger partial charge >= 0.3 is 7.12 Å². The summed E-state index contributed by atoms with van der Waals surface area (Å²) in [6.07, 6.45) is 0. The van der Waals surface area contributed by atoms with Crippen LogP contribution in [-0.2, 0) is 21.3 Å². The molecule has 0 unspecified atom stereocenters. The quantitative estimate of drug-likeness (QED) is 0.824. The summed E-state index contributed by atoms with van der Waals surface area (Å²) in [6, 6.07) is 9.32. The second kappa shape index (κ2) is 5.14. The Morgan fingerprint density at radius 3 is 2.62 bits per heavy atom. The van der Waals surface area contributed by atoms with Crippen molar-refractivity contribution in [2.24, 2.45) is 0 Å². The van der Waals surface area contributed by atoms with Crippen LogP contribution in [0.5, 0.6) is 0 Å². The number of hydrogen-bond donors (Lipinski definition) is 2. The molecule has 0 spiro atoms. The van der Waals surface area contributed by atoms with Crippen molar-refractivity contribution < 1.29 is 22.5 Å². The van der Waals surface area contributed by atoms with Gasteiger partial charge < -0.3 is 9.68 Å². The number of sulfonamides is 1. The number of anilines is 1. The Labute approximate surface area is 121 Å². The molecule has 2 aromatic carbocycles. The lowest BCUT2D eigenvalue weighted by Crippen LogP contribution is -2.28. The molecule has 108 valence electrons. The number of hydrogen-bond acceptors (Lipinski definition) is 4. The number of halogens is 1. The minimum Gasteiger partial charge on any atom is -0.423 e. The highest BCUT2D eigenvalue weighted by Crippen LogP contribution is 2.18. The average Bonchev–Trinajstić information content (AvgIpc) is 2.80. The van der Waals surface area contributed by atoms with Crippen LogP contribution in [0.1, 0.15) is 5.56 Å². The molecule has 0 saturated carbocycles. The molecule has 0 saturated heterocycles. The number of fused-ring (bicyclic) bond motifs is 1. The maximum atomic E-state index is 12.8. The molecule has 21 heavy (non-hydrogen) atoms. The van der Waals surface area contributed by atoms with Crippen LogP contribution in [0.3, 0.4) is 0 Å². The topological polar surface area (TPSA) is 75.6 Å². The summed E-state index contributed by atoms with van der Waals surface area (Å²) in [6.45, 7) is 0.293. The van der Waals surface area contributed by atoms with Crippen molar-refractivity contribution in [2.75, 3.05) is 4.72 Å². The monoisotopic (exact) mass is 307 g/mol. The van der Waals surface area contributed by atoms with Gasteiger partial charge in [0.15, 0.2) is 0 Å². The van der Waals surface area contributed by atoms with Crippen molar-refractivity contribution in [3.05, 3.63) is 53.8 Å². The fourth-order valence-electron chi connectivity index (χ4n) is 2.11. The molecule has 0 aliphatic carbocycles. The smallest absolute Gasteiger partial charge is 0.423 e. The molecule has 8 heteroatoms. The molecular weight excluding hydrogens is 296 g/mol. The van der Waals surface area contributed by atoms with Crippen LogP contribution in [0.2, 0.25) is 0 Å². The Kier molecular flexibility index (Phi) is 3.44. The number of benzene rings is 2. The Morgan fingerprint density at radius 1 is 1.19 bits per heavy atom. The lowest BCUT2D eigenvalue weighted by atomic mass is 9.79. The van der Waals surface area contributed by atoms with Crippen molar-refractivity contribution in [2.45, 2.75) is 11.5 Å². The highest BCUT2D eigenvalue weighted by Gasteiger charge is 2.27. The van der Waals surface area contributed by atoms with E-state index in [0.29, 0.717) is 17.8 Å². The van der Waals surface area contributed by atoms with Crippen LogP contribution in [0.4, 0.5) is 10.1 Å². The Morgan fingerprint density at radius 2 is 1.90 bits per heavy atom. The van der Waals surface area contributed by atoms with Crippen molar-refractivity contribution in [1.29, 1.82) is 0 Å². The summed E-state index contributed by atoms with van der Waals surface area (Å²) in [5.41, 5.74) is 1.66. The predicted octanol–water partition coefficient (Wildman–Crippen LogP) is 0.844. The third kappa shape index (κ3) is 2.78. The molecule has 0 fully saturated rings. The van der Waals surface area contributed by atoms with Crippen LogP contribution in [0, 0.1) is 5.82 Å². The first kappa shape index (κ1) is 14.1. The van der Waals surface area contributed by atoms with Crippen LogP contribution >= 0.6 is 0 Å². The average molecular weight is 307 g/mol. The van der Waals surface area contributed by atoms with E-state index in [4.69, 9.17) is 4.65 Å². The molecule has 2 N–H and O–H groups in total. The molecule has 0 radical (unpaired) electrons. The summed E-state index contributed by atoms with van der Waals surface area (Å²) in [5, 5.41) is 9.61. The molecule has 2 aromatic rings. The van der Waals surface area contributed by atoms with Crippen LogP contribution < -0.4 is 10.2 Å². The van der Waals surface area contributed by atoms with Gasteiger partial charge in [-0.05, 0) is 47.4 Å². The SMILES string of the molecule is O=S(=O)(Nc1ccc2c(c1)B(O)OC2)c1ccc(F)cc1. The second-order valence-electron chi connectivity index (χ2n) is 4.64. The summed E-state index contributed by atoms with van der Waals surface area (Å²) in [7, 11) is -4.85. The maximum absolute atomic E-state index is 12.8. The molecule has 0 bridgehead atoms. The Bertz CT molecular complexity index is 779. The van der Waals surface area contributed by atoms with Gasteiger partial charge in [0.25, 0.3) is 10.0 Å². The zero-order chi connectivity index (χ0) is 15.0. The normalized spacial score (nSPS) is 14.1. The van der Waals surface area contributed by atoms with Crippen LogP contribution in [0.15, 0.2) is 47.4 Å². The predicted molar refractivity (Wildman–Crippen MR) is 76.0 cm³/mol. The molecule has 0 atom stereocenters. The molecule has 1 aliphatic heterocycles. The van der Waals surface area contributed by atoms with Gasteiger partial charge in [0.1, 0.15) is 5.82 Å². The van der Waals surface area contributed by atoms with Gasteiger partial charge in [-0.2, -0.15) is 0 Å². The molecule has 1 heterocycles. The molecular formula is C13H11BFNO4S. The highest BCUT2D eigenvalue weighted by molar-refractivity contribution is 7.92. The zero-order valence-electron chi connectivity index (χ0n) is 10.8. The largest absolute Gasteiger partial charge is 0.491 e. The van der Waals surface area contributed by atoms with Crippen molar-refractivity contribution >= 4 is 28.3 Å². The zero-order valence-corrected chi connectivity index (χ0v) is 11.6. The first-order valence-electron chi connectivity index (χ1n) is 6.16. The Balaban J connectivity index is 1.89.